The van der Waals surface area contributed by atoms with E-state index in [-0.39, 0.29) is 24.7 Å². The van der Waals surface area contributed by atoms with Gasteiger partial charge in [0.1, 0.15) is 11.8 Å². The van der Waals surface area contributed by atoms with E-state index in [1.54, 1.807) is 25.3 Å². The molecule has 0 fully saturated rings. The Labute approximate surface area is 184 Å². The molecular weight excluding hydrogens is 395 g/mol. The van der Waals surface area contributed by atoms with Crippen LogP contribution in [-0.4, -0.2) is 48.1 Å². The summed E-state index contributed by atoms with van der Waals surface area (Å²) in [7, 11) is -0.126. The largest absolute Gasteiger partial charge is 0.497 e. The first-order valence-corrected chi connectivity index (χ1v) is 10.4. The molecule has 2 aromatic rings. The molecule has 0 unspecified atom stereocenters. The average Bonchev–Trinajstić information content (AvgIpc) is 2.73. The van der Waals surface area contributed by atoms with Gasteiger partial charge in [0.05, 0.1) is 19.5 Å². The first-order valence-electron chi connectivity index (χ1n) is 10.4. The van der Waals surface area contributed by atoms with Crippen molar-refractivity contribution in [2.45, 2.75) is 45.1 Å². The van der Waals surface area contributed by atoms with Gasteiger partial charge in [0.15, 0.2) is 0 Å². The number of carbonyl (C=O) groups excluding carboxylic acids is 2. The first-order chi connectivity index (χ1) is 14.8. The molecule has 0 bridgehead atoms. The van der Waals surface area contributed by atoms with Crippen LogP contribution in [0.15, 0.2) is 54.6 Å². The minimum Gasteiger partial charge on any atom is -0.497 e. The Morgan fingerprint density at radius 1 is 1.00 bits per heavy atom. The van der Waals surface area contributed by atoms with Crippen LogP contribution in [0.5, 0.6) is 5.75 Å². The molecule has 0 aromatic heterocycles. The standard InChI is InChI=1S/C23H31BN2O5/c1-16(2)12-21(24(29)30)26-23(28)20(14-17-8-5-4-6-9-17)25-22(27)15-18-10-7-11-19(13-18)31-3/h4-11,13,16,20-21,29-30H,12,14-15H2,1-3H3,(H,25,27)(H,26,28)/t20-,21-/m0/s1. The molecule has 2 amide bonds. The number of rotatable bonds is 11. The summed E-state index contributed by atoms with van der Waals surface area (Å²) in [5.41, 5.74) is 1.65. The summed E-state index contributed by atoms with van der Waals surface area (Å²) in [4.78, 5) is 25.6. The smallest absolute Gasteiger partial charge is 0.475 e. The highest BCUT2D eigenvalue weighted by molar-refractivity contribution is 6.43. The third-order valence-electron chi connectivity index (χ3n) is 4.85. The number of amides is 2. The van der Waals surface area contributed by atoms with Crippen molar-refractivity contribution in [2.75, 3.05) is 7.11 Å². The molecule has 31 heavy (non-hydrogen) atoms. The van der Waals surface area contributed by atoms with Crippen LogP contribution in [0, 0.1) is 5.92 Å². The monoisotopic (exact) mass is 426 g/mol. The molecule has 166 valence electrons. The van der Waals surface area contributed by atoms with Crippen LogP contribution in [0.2, 0.25) is 0 Å². The molecule has 0 radical (unpaired) electrons. The summed E-state index contributed by atoms with van der Waals surface area (Å²) in [6, 6.07) is 15.7. The summed E-state index contributed by atoms with van der Waals surface area (Å²) < 4.78 is 5.19. The van der Waals surface area contributed by atoms with Gasteiger partial charge in [-0.25, -0.2) is 0 Å². The minimum absolute atomic E-state index is 0.0911. The number of benzene rings is 2. The Morgan fingerprint density at radius 3 is 2.29 bits per heavy atom. The summed E-state index contributed by atoms with van der Waals surface area (Å²) in [5.74, 6) is -0.781. The van der Waals surface area contributed by atoms with Gasteiger partial charge in [-0.3, -0.25) is 9.59 Å². The van der Waals surface area contributed by atoms with E-state index in [1.807, 2.05) is 50.2 Å². The topological polar surface area (TPSA) is 108 Å². The zero-order valence-corrected chi connectivity index (χ0v) is 18.2. The van der Waals surface area contributed by atoms with Crippen molar-refractivity contribution in [3.8, 4) is 5.75 Å². The number of hydrogen-bond acceptors (Lipinski definition) is 5. The highest BCUT2D eigenvalue weighted by Crippen LogP contribution is 2.13. The fraction of sp³-hybridized carbons (Fsp3) is 0.391. The molecular formula is C23H31BN2O5. The second-order valence-electron chi connectivity index (χ2n) is 8.00. The number of nitrogens with one attached hydrogen (secondary N) is 2. The molecule has 8 heteroatoms. The lowest BCUT2D eigenvalue weighted by atomic mass is 9.75. The van der Waals surface area contributed by atoms with Gasteiger partial charge in [-0.1, -0.05) is 56.3 Å². The maximum absolute atomic E-state index is 13.0. The van der Waals surface area contributed by atoms with Crippen molar-refractivity contribution in [2.24, 2.45) is 5.92 Å². The van der Waals surface area contributed by atoms with Crippen LogP contribution in [-0.2, 0) is 22.4 Å². The highest BCUT2D eigenvalue weighted by atomic mass is 16.5. The lowest BCUT2D eigenvalue weighted by Gasteiger charge is -2.24. The highest BCUT2D eigenvalue weighted by Gasteiger charge is 2.30. The Morgan fingerprint density at radius 2 is 1.68 bits per heavy atom. The van der Waals surface area contributed by atoms with E-state index in [4.69, 9.17) is 4.74 Å². The fourth-order valence-corrected chi connectivity index (χ4v) is 3.32. The van der Waals surface area contributed by atoms with Gasteiger partial charge in [-0.2, -0.15) is 0 Å². The quantitative estimate of drug-likeness (QED) is 0.408. The molecule has 0 saturated carbocycles. The van der Waals surface area contributed by atoms with E-state index in [2.05, 4.69) is 10.6 Å². The van der Waals surface area contributed by atoms with Crippen LogP contribution < -0.4 is 15.4 Å². The Hall–Kier alpha value is -2.84. The second-order valence-corrected chi connectivity index (χ2v) is 8.00. The minimum atomic E-state index is -1.68. The van der Waals surface area contributed by atoms with Crippen molar-refractivity contribution in [1.82, 2.24) is 10.6 Å². The van der Waals surface area contributed by atoms with Gasteiger partial charge < -0.3 is 25.4 Å². The maximum Gasteiger partial charge on any atom is 0.475 e. The molecule has 0 spiro atoms. The Kier molecular flexibility index (Phi) is 9.56. The predicted molar refractivity (Wildman–Crippen MR) is 120 cm³/mol. The molecule has 2 atom stereocenters. The van der Waals surface area contributed by atoms with Gasteiger partial charge in [-0.05, 0) is 35.6 Å². The zero-order chi connectivity index (χ0) is 22.8. The molecule has 2 aromatic carbocycles. The third kappa shape index (κ3) is 8.43. The molecule has 4 N–H and O–H groups in total. The molecule has 0 heterocycles. The van der Waals surface area contributed by atoms with Crippen LogP contribution in [0.1, 0.15) is 31.4 Å². The van der Waals surface area contributed by atoms with E-state index in [0.29, 0.717) is 12.2 Å². The summed E-state index contributed by atoms with van der Waals surface area (Å²) in [5, 5.41) is 24.8. The maximum atomic E-state index is 13.0. The van der Waals surface area contributed by atoms with E-state index in [0.717, 1.165) is 11.1 Å². The van der Waals surface area contributed by atoms with Gasteiger partial charge >= 0.3 is 7.12 Å². The normalized spacial score (nSPS) is 12.7. The van der Waals surface area contributed by atoms with Crippen molar-refractivity contribution >= 4 is 18.9 Å². The van der Waals surface area contributed by atoms with Gasteiger partial charge in [0.25, 0.3) is 0 Å². The SMILES string of the molecule is COc1cccc(CC(=O)N[C@@H](Cc2ccccc2)C(=O)N[C@@H](CC(C)C)B(O)O)c1. The fourth-order valence-electron chi connectivity index (χ4n) is 3.32. The lowest BCUT2D eigenvalue weighted by molar-refractivity contribution is -0.129. The Bertz CT molecular complexity index is 845. The van der Waals surface area contributed by atoms with Crippen molar-refractivity contribution in [1.29, 1.82) is 0 Å². The zero-order valence-electron chi connectivity index (χ0n) is 18.2. The van der Waals surface area contributed by atoms with Gasteiger partial charge in [-0.15, -0.1) is 0 Å². The van der Waals surface area contributed by atoms with E-state index < -0.39 is 25.0 Å². The average molecular weight is 426 g/mol. The molecule has 0 aliphatic rings. The molecule has 0 aliphatic carbocycles. The van der Waals surface area contributed by atoms with Crippen LogP contribution >= 0.6 is 0 Å². The number of hydrogen-bond donors (Lipinski definition) is 4. The molecule has 2 rings (SSSR count). The summed E-state index contributed by atoms with van der Waals surface area (Å²) in [6.07, 6.45) is 0.777. The van der Waals surface area contributed by atoms with E-state index >= 15 is 0 Å². The number of methoxy groups -OCH3 is 1. The third-order valence-corrected chi connectivity index (χ3v) is 4.85. The number of ether oxygens (including phenoxy) is 1. The van der Waals surface area contributed by atoms with Crippen LogP contribution in [0.4, 0.5) is 0 Å². The van der Waals surface area contributed by atoms with Crippen LogP contribution in [0.3, 0.4) is 0 Å². The van der Waals surface area contributed by atoms with Crippen molar-refractivity contribution in [3.63, 3.8) is 0 Å². The Balaban J connectivity index is 2.13. The second kappa shape index (κ2) is 12.1. The molecule has 0 saturated heterocycles. The van der Waals surface area contributed by atoms with Crippen molar-refractivity contribution < 1.29 is 24.4 Å². The summed E-state index contributed by atoms with van der Waals surface area (Å²) in [6.45, 7) is 3.86. The van der Waals surface area contributed by atoms with Gasteiger partial charge in [0, 0.05) is 6.42 Å². The van der Waals surface area contributed by atoms with E-state index in [1.165, 1.54) is 0 Å². The van der Waals surface area contributed by atoms with Gasteiger partial charge in [0.2, 0.25) is 11.8 Å². The van der Waals surface area contributed by atoms with E-state index in [9.17, 15) is 19.6 Å². The lowest BCUT2D eigenvalue weighted by Crippen LogP contribution is -2.55. The molecule has 7 nitrogen and oxygen atoms in total. The van der Waals surface area contributed by atoms with Crippen LogP contribution in [0.25, 0.3) is 0 Å². The first kappa shape index (κ1) is 24.4. The predicted octanol–water partition coefficient (Wildman–Crippen LogP) is 1.51. The van der Waals surface area contributed by atoms with Crippen molar-refractivity contribution in [3.05, 3.63) is 65.7 Å². The number of carbonyl (C=O) groups is 2. The molecule has 0 aliphatic heterocycles. The summed E-state index contributed by atoms with van der Waals surface area (Å²) >= 11 is 0.